The summed E-state index contributed by atoms with van der Waals surface area (Å²) in [5, 5.41) is 0. The molecule has 0 saturated heterocycles. The van der Waals surface area contributed by atoms with Gasteiger partial charge in [-0.2, -0.15) is 9.13 Å². The lowest BCUT2D eigenvalue weighted by molar-refractivity contribution is -0.724. The summed E-state index contributed by atoms with van der Waals surface area (Å²) in [6.07, 6.45) is 6.74. The highest BCUT2D eigenvalue weighted by Gasteiger charge is 2.40. The molecule has 0 N–H and O–H groups in total. The van der Waals surface area contributed by atoms with Gasteiger partial charge >= 0.3 is 0 Å². The van der Waals surface area contributed by atoms with Crippen molar-refractivity contribution >= 4 is 11.4 Å². The molecule has 4 heterocycles. The molecule has 2 aliphatic heterocycles. The number of anilines is 2. The second-order valence-electron chi connectivity index (χ2n) is 6.73. The predicted octanol–water partition coefficient (Wildman–Crippen LogP) is 1.17. The molecule has 0 amide bonds. The number of hydrogen-bond acceptors (Lipinski definition) is 2. The first-order valence-electron chi connectivity index (χ1n) is 8.03. The topological polar surface area (TPSA) is 14.2 Å². The van der Waals surface area contributed by atoms with Crippen molar-refractivity contribution in [1.82, 2.24) is 0 Å². The lowest BCUT2D eigenvalue weighted by Crippen LogP contribution is -2.51. The Hall–Kier alpha value is -2.10. The predicted molar refractivity (Wildman–Crippen MR) is 88.3 cm³/mol. The third-order valence-corrected chi connectivity index (χ3v) is 4.98. The molecule has 0 aliphatic carbocycles. The molecule has 2 aliphatic rings. The summed E-state index contributed by atoms with van der Waals surface area (Å²) in [7, 11) is 8.58. The van der Waals surface area contributed by atoms with Crippen LogP contribution in [0.4, 0.5) is 11.4 Å². The zero-order valence-corrected chi connectivity index (χ0v) is 13.9. The van der Waals surface area contributed by atoms with Crippen LogP contribution in [0.1, 0.15) is 11.1 Å². The van der Waals surface area contributed by atoms with E-state index in [2.05, 4.69) is 71.7 Å². The fraction of sp³-hybridized carbons (Fsp3) is 0.444. The summed E-state index contributed by atoms with van der Waals surface area (Å²) in [5.41, 5.74) is 8.60. The smallest absolute Gasteiger partial charge is 0.283 e. The van der Waals surface area contributed by atoms with E-state index in [9.17, 15) is 0 Å². The number of hydrogen-bond donors (Lipinski definition) is 0. The highest BCUT2D eigenvalue weighted by atomic mass is 15.1. The molecule has 0 atom stereocenters. The molecule has 0 unspecified atom stereocenters. The number of nitrogens with zero attached hydrogens (tertiary/aromatic N) is 4. The van der Waals surface area contributed by atoms with Gasteiger partial charge in [0.05, 0.1) is 22.5 Å². The summed E-state index contributed by atoms with van der Waals surface area (Å²) >= 11 is 0. The van der Waals surface area contributed by atoms with E-state index < -0.39 is 0 Å². The van der Waals surface area contributed by atoms with E-state index in [4.69, 9.17) is 0 Å². The Kier molecular flexibility index (Phi) is 2.90. The van der Waals surface area contributed by atoms with Crippen LogP contribution in [0.5, 0.6) is 0 Å². The first kappa shape index (κ1) is 13.6. The average Bonchev–Trinajstić information content (AvgIpc) is 2.51. The SMILES string of the molecule is CN(C)c1cc[n+]2c3c1CC[n+]1ccc(N(C)C)c(c1-3)CC2. The quantitative estimate of drug-likeness (QED) is 0.773. The minimum absolute atomic E-state index is 1.08. The first-order valence-corrected chi connectivity index (χ1v) is 8.03. The second-order valence-corrected chi connectivity index (χ2v) is 6.73. The van der Waals surface area contributed by atoms with Crippen LogP contribution in [-0.4, -0.2) is 28.2 Å². The molecule has 22 heavy (non-hydrogen) atoms. The Morgan fingerprint density at radius 3 is 1.50 bits per heavy atom. The van der Waals surface area contributed by atoms with Crippen LogP contribution in [0.15, 0.2) is 24.5 Å². The second kappa shape index (κ2) is 4.70. The molecular formula is C18H24N4+2. The van der Waals surface area contributed by atoms with Crippen molar-refractivity contribution in [1.29, 1.82) is 0 Å². The zero-order chi connectivity index (χ0) is 15.4. The van der Waals surface area contributed by atoms with E-state index in [1.54, 1.807) is 0 Å². The molecular weight excluding hydrogens is 272 g/mol. The van der Waals surface area contributed by atoms with Gasteiger partial charge in [-0.1, -0.05) is 0 Å². The van der Waals surface area contributed by atoms with Gasteiger partial charge in [-0.3, -0.25) is 0 Å². The van der Waals surface area contributed by atoms with Gasteiger partial charge in [0.1, 0.15) is 0 Å². The fourth-order valence-electron chi connectivity index (χ4n) is 3.99. The Labute approximate surface area is 132 Å². The van der Waals surface area contributed by atoms with Crippen molar-refractivity contribution in [3.05, 3.63) is 35.7 Å². The van der Waals surface area contributed by atoms with E-state index in [-0.39, 0.29) is 0 Å². The van der Waals surface area contributed by atoms with Crippen LogP contribution in [0.25, 0.3) is 11.4 Å². The van der Waals surface area contributed by atoms with E-state index in [0.717, 1.165) is 25.9 Å². The molecule has 0 radical (unpaired) electrons. The van der Waals surface area contributed by atoms with Crippen molar-refractivity contribution < 1.29 is 9.13 Å². The Morgan fingerprint density at radius 1 is 0.727 bits per heavy atom. The van der Waals surface area contributed by atoms with Crippen molar-refractivity contribution in [2.75, 3.05) is 38.0 Å². The highest BCUT2D eigenvalue weighted by molar-refractivity contribution is 5.72. The molecule has 2 aromatic heterocycles. The molecule has 2 aromatic rings. The maximum atomic E-state index is 2.44. The highest BCUT2D eigenvalue weighted by Crippen LogP contribution is 2.36. The largest absolute Gasteiger partial charge is 0.377 e. The van der Waals surface area contributed by atoms with E-state index >= 15 is 0 Å². The number of rotatable bonds is 2. The minimum Gasteiger partial charge on any atom is -0.377 e. The van der Waals surface area contributed by atoms with Gasteiger partial charge in [0.25, 0.3) is 11.4 Å². The summed E-state index contributed by atoms with van der Waals surface area (Å²) in [6.45, 7) is 2.15. The molecule has 4 nitrogen and oxygen atoms in total. The first-order chi connectivity index (χ1) is 10.6. The van der Waals surface area contributed by atoms with Crippen molar-refractivity contribution in [2.24, 2.45) is 0 Å². The number of pyridine rings is 2. The van der Waals surface area contributed by atoms with Crippen LogP contribution in [0, 0.1) is 0 Å². The van der Waals surface area contributed by atoms with E-state index in [1.807, 2.05) is 0 Å². The van der Waals surface area contributed by atoms with Crippen LogP contribution < -0.4 is 18.9 Å². The van der Waals surface area contributed by atoms with Crippen LogP contribution >= 0.6 is 0 Å². The number of aryl methyl sites for hydroxylation is 2. The van der Waals surface area contributed by atoms with Gasteiger partial charge in [0, 0.05) is 53.2 Å². The van der Waals surface area contributed by atoms with Gasteiger partial charge in [0.15, 0.2) is 25.5 Å². The maximum absolute atomic E-state index is 2.44. The molecule has 4 heteroatoms. The molecule has 0 spiro atoms. The number of aromatic nitrogens is 2. The van der Waals surface area contributed by atoms with E-state index in [0.29, 0.717) is 0 Å². The standard InChI is InChI=1S/C18H24N4/c1-19(2)15-7-11-21-10-6-14-16(20(3)4)8-12-22-9-5-13(15)17(21)18(14)22/h7-8,11-12H,5-6,9-10H2,1-4H3/q+2. The molecule has 114 valence electrons. The summed E-state index contributed by atoms with van der Waals surface area (Å²) < 4.78 is 4.89. The minimum atomic E-state index is 1.08. The summed E-state index contributed by atoms with van der Waals surface area (Å²) in [6, 6.07) is 4.55. The Bertz CT molecular complexity index is 697. The van der Waals surface area contributed by atoms with Crippen LogP contribution in [0.3, 0.4) is 0 Å². The lowest BCUT2D eigenvalue weighted by Gasteiger charge is -2.26. The van der Waals surface area contributed by atoms with Crippen LogP contribution in [0.2, 0.25) is 0 Å². The summed E-state index contributed by atoms with van der Waals surface area (Å²) in [4.78, 5) is 4.49. The van der Waals surface area contributed by atoms with Gasteiger partial charge < -0.3 is 9.80 Å². The monoisotopic (exact) mass is 296 g/mol. The Balaban J connectivity index is 2.05. The molecule has 0 saturated carbocycles. The third-order valence-electron chi connectivity index (χ3n) is 4.98. The maximum Gasteiger partial charge on any atom is 0.283 e. The Morgan fingerprint density at radius 2 is 1.14 bits per heavy atom. The van der Waals surface area contributed by atoms with Crippen molar-refractivity contribution in [3.63, 3.8) is 0 Å². The average molecular weight is 296 g/mol. The third kappa shape index (κ3) is 1.76. The fourth-order valence-corrected chi connectivity index (χ4v) is 3.99. The van der Waals surface area contributed by atoms with Crippen molar-refractivity contribution in [3.8, 4) is 11.4 Å². The molecule has 0 bridgehead atoms. The van der Waals surface area contributed by atoms with Gasteiger partial charge in [0.2, 0.25) is 0 Å². The zero-order valence-electron chi connectivity index (χ0n) is 13.9. The van der Waals surface area contributed by atoms with E-state index in [1.165, 1.54) is 33.9 Å². The molecule has 0 aromatic carbocycles. The van der Waals surface area contributed by atoms with Gasteiger partial charge in [-0.15, -0.1) is 0 Å². The molecule has 4 rings (SSSR count). The lowest BCUT2D eigenvalue weighted by atomic mass is 9.92. The van der Waals surface area contributed by atoms with Gasteiger partial charge in [-0.05, 0) is 0 Å². The van der Waals surface area contributed by atoms with Crippen molar-refractivity contribution in [2.45, 2.75) is 25.9 Å². The molecule has 0 fully saturated rings. The summed E-state index contributed by atoms with van der Waals surface area (Å²) in [5.74, 6) is 0. The van der Waals surface area contributed by atoms with Gasteiger partial charge in [-0.25, -0.2) is 0 Å². The normalized spacial score (nSPS) is 14.5. The van der Waals surface area contributed by atoms with Crippen LogP contribution in [-0.2, 0) is 25.9 Å².